The van der Waals surface area contributed by atoms with Crippen molar-refractivity contribution in [2.45, 2.75) is 38.6 Å². The highest BCUT2D eigenvalue weighted by Gasteiger charge is 2.25. The number of rotatable bonds is 2. The Morgan fingerprint density at radius 3 is 3.05 bits per heavy atom. The number of hydrogen-bond donors (Lipinski definition) is 1. The topological polar surface area (TPSA) is 49.0 Å². The van der Waals surface area contributed by atoms with E-state index < -0.39 is 0 Å². The van der Waals surface area contributed by atoms with Gasteiger partial charge >= 0.3 is 0 Å². The molecule has 100 valence electrons. The number of hydrogen-bond acceptors (Lipinski definition) is 2. The lowest BCUT2D eigenvalue weighted by Crippen LogP contribution is -2.43. The number of likely N-dealkylation sites (tertiary alicyclic amines) is 1. The number of amides is 1. The predicted octanol–water partition coefficient (Wildman–Crippen LogP) is 2.51. The van der Waals surface area contributed by atoms with Gasteiger partial charge in [-0.3, -0.25) is 4.79 Å². The molecule has 1 aromatic heterocycles. The molecule has 2 heterocycles. The molecule has 1 aliphatic heterocycles. The zero-order valence-corrected chi connectivity index (χ0v) is 11.2. The van der Waals surface area contributed by atoms with Crippen LogP contribution in [-0.2, 0) is 11.2 Å². The minimum absolute atomic E-state index is 0.181. The van der Waals surface area contributed by atoms with Crippen LogP contribution in [0.4, 0.5) is 0 Å². The van der Waals surface area contributed by atoms with Gasteiger partial charge in [0.1, 0.15) is 5.82 Å². The summed E-state index contributed by atoms with van der Waals surface area (Å²) in [5.41, 5.74) is 2.07. The lowest BCUT2D eigenvalue weighted by atomic mass is 9.99. The number of aromatic nitrogens is 2. The lowest BCUT2D eigenvalue weighted by molar-refractivity contribution is -0.132. The zero-order chi connectivity index (χ0) is 13.2. The fourth-order valence-electron chi connectivity index (χ4n) is 2.95. The van der Waals surface area contributed by atoms with Crippen molar-refractivity contribution in [3.05, 3.63) is 30.1 Å². The third-order valence-electron chi connectivity index (χ3n) is 3.90. The highest BCUT2D eigenvalue weighted by Crippen LogP contribution is 2.21. The molecule has 0 saturated carbocycles. The van der Waals surface area contributed by atoms with Gasteiger partial charge in [-0.15, -0.1) is 0 Å². The smallest absolute Gasteiger partial charge is 0.219 e. The van der Waals surface area contributed by atoms with Gasteiger partial charge in [0.15, 0.2) is 0 Å². The van der Waals surface area contributed by atoms with Crippen molar-refractivity contribution in [2.24, 2.45) is 0 Å². The fourth-order valence-corrected chi connectivity index (χ4v) is 2.95. The summed E-state index contributed by atoms with van der Waals surface area (Å²) in [4.78, 5) is 21.6. The molecule has 1 amide bonds. The molecule has 19 heavy (non-hydrogen) atoms. The molecule has 1 aromatic carbocycles. The van der Waals surface area contributed by atoms with Crippen molar-refractivity contribution >= 4 is 16.9 Å². The number of nitrogens with one attached hydrogen (secondary N) is 1. The summed E-state index contributed by atoms with van der Waals surface area (Å²) in [6.07, 6.45) is 4.23. The molecular weight excluding hydrogens is 238 g/mol. The molecule has 1 fully saturated rings. The van der Waals surface area contributed by atoms with Crippen LogP contribution in [0.1, 0.15) is 32.0 Å². The first-order valence-corrected chi connectivity index (χ1v) is 6.95. The Morgan fingerprint density at radius 1 is 1.42 bits per heavy atom. The summed E-state index contributed by atoms with van der Waals surface area (Å²) < 4.78 is 0. The molecule has 0 bridgehead atoms. The van der Waals surface area contributed by atoms with Gasteiger partial charge in [-0.2, -0.15) is 0 Å². The number of H-pyrrole nitrogens is 1. The van der Waals surface area contributed by atoms with Gasteiger partial charge in [-0.1, -0.05) is 12.1 Å². The maximum absolute atomic E-state index is 11.7. The molecule has 4 heteroatoms. The van der Waals surface area contributed by atoms with Crippen LogP contribution in [0.5, 0.6) is 0 Å². The van der Waals surface area contributed by atoms with Crippen LogP contribution in [0.25, 0.3) is 11.0 Å². The molecule has 1 unspecified atom stereocenters. The minimum Gasteiger partial charge on any atom is -0.342 e. The van der Waals surface area contributed by atoms with Crippen LogP contribution in [0.2, 0.25) is 0 Å². The number of nitrogens with zero attached hydrogens (tertiary/aromatic N) is 2. The van der Waals surface area contributed by atoms with Crippen molar-refractivity contribution in [2.75, 3.05) is 6.54 Å². The van der Waals surface area contributed by atoms with Crippen molar-refractivity contribution in [3.8, 4) is 0 Å². The second-order valence-corrected chi connectivity index (χ2v) is 5.27. The van der Waals surface area contributed by atoms with Crippen LogP contribution >= 0.6 is 0 Å². The summed E-state index contributed by atoms with van der Waals surface area (Å²) >= 11 is 0. The second-order valence-electron chi connectivity index (χ2n) is 5.27. The number of para-hydroxylation sites is 2. The molecule has 0 radical (unpaired) electrons. The van der Waals surface area contributed by atoms with Gasteiger partial charge in [0.2, 0.25) is 5.91 Å². The second kappa shape index (κ2) is 5.03. The van der Waals surface area contributed by atoms with E-state index in [0.29, 0.717) is 6.04 Å². The van der Waals surface area contributed by atoms with Crippen LogP contribution in [0, 0.1) is 0 Å². The highest BCUT2D eigenvalue weighted by atomic mass is 16.2. The SMILES string of the molecule is CC(=O)N1CCCCC1Cc1nc2ccccc2[nH]1. The van der Waals surface area contributed by atoms with Crippen molar-refractivity contribution < 1.29 is 4.79 Å². The molecule has 1 N–H and O–H groups in total. The number of piperidine rings is 1. The third-order valence-corrected chi connectivity index (χ3v) is 3.90. The van der Waals surface area contributed by atoms with Crippen molar-refractivity contribution in [1.29, 1.82) is 0 Å². The molecule has 1 atom stereocenters. The fraction of sp³-hybridized carbons (Fsp3) is 0.467. The zero-order valence-electron chi connectivity index (χ0n) is 11.2. The average molecular weight is 257 g/mol. The highest BCUT2D eigenvalue weighted by molar-refractivity contribution is 5.75. The Labute approximate surface area is 112 Å². The van der Waals surface area contributed by atoms with E-state index in [0.717, 1.165) is 42.7 Å². The van der Waals surface area contributed by atoms with Crippen molar-refractivity contribution in [1.82, 2.24) is 14.9 Å². The van der Waals surface area contributed by atoms with Gasteiger partial charge in [0.25, 0.3) is 0 Å². The van der Waals surface area contributed by atoms with Crippen LogP contribution in [-0.4, -0.2) is 33.4 Å². The van der Waals surface area contributed by atoms with E-state index in [2.05, 4.69) is 9.97 Å². The van der Waals surface area contributed by atoms with E-state index in [4.69, 9.17) is 0 Å². The summed E-state index contributed by atoms with van der Waals surface area (Å²) in [5, 5.41) is 0. The number of aromatic amines is 1. The first-order chi connectivity index (χ1) is 9.24. The largest absolute Gasteiger partial charge is 0.342 e. The Morgan fingerprint density at radius 2 is 2.26 bits per heavy atom. The Balaban J connectivity index is 1.80. The summed E-state index contributed by atoms with van der Waals surface area (Å²) in [6.45, 7) is 2.55. The van der Waals surface area contributed by atoms with Gasteiger partial charge in [-0.05, 0) is 31.4 Å². The van der Waals surface area contributed by atoms with Crippen LogP contribution in [0.3, 0.4) is 0 Å². The first-order valence-electron chi connectivity index (χ1n) is 6.95. The molecule has 1 aliphatic rings. The van der Waals surface area contributed by atoms with Crippen molar-refractivity contribution in [3.63, 3.8) is 0 Å². The molecule has 1 saturated heterocycles. The normalized spacial score (nSPS) is 19.8. The molecule has 2 aromatic rings. The van der Waals surface area contributed by atoms with E-state index in [1.165, 1.54) is 6.42 Å². The number of carbonyl (C=O) groups is 1. The first kappa shape index (κ1) is 12.2. The minimum atomic E-state index is 0.181. The maximum atomic E-state index is 11.7. The van der Waals surface area contributed by atoms with E-state index in [9.17, 15) is 4.79 Å². The number of imidazole rings is 1. The number of benzene rings is 1. The van der Waals surface area contributed by atoms with Gasteiger partial charge in [0, 0.05) is 25.9 Å². The van der Waals surface area contributed by atoms with E-state index in [1.54, 1.807) is 6.92 Å². The van der Waals surface area contributed by atoms with Crippen LogP contribution < -0.4 is 0 Å². The van der Waals surface area contributed by atoms with E-state index >= 15 is 0 Å². The Kier molecular flexibility index (Phi) is 3.23. The molecular formula is C15H19N3O. The van der Waals surface area contributed by atoms with Gasteiger partial charge in [0.05, 0.1) is 11.0 Å². The summed E-state index contributed by atoms with van der Waals surface area (Å²) in [6, 6.07) is 8.35. The third kappa shape index (κ3) is 2.48. The Bertz CT molecular complexity index is 557. The maximum Gasteiger partial charge on any atom is 0.219 e. The number of fused-ring (bicyclic) bond motifs is 1. The van der Waals surface area contributed by atoms with Gasteiger partial charge < -0.3 is 9.88 Å². The monoisotopic (exact) mass is 257 g/mol. The lowest BCUT2D eigenvalue weighted by Gasteiger charge is -2.34. The van der Waals surface area contributed by atoms with Crippen LogP contribution in [0.15, 0.2) is 24.3 Å². The molecule has 0 spiro atoms. The summed E-state index contributed by atoms with van der Waals surface area (Å²) in [7, 11) is 0. The molecule has 3 rings (SSSR count). The number of carbonyl (C=O) groups excluding carboxylic acids is 1. The standard InChI is InChI=1S/C15H19N3O/c1-11(19)18-9-5-4-6-12(18)10-15-16-13-7-2-3-8-14(13)17-15/h2-3,7-8,12H,4-6,9-10H2,1H3,(H,16,17). The van der Waals surface area contributed by atoms with Gasteiger partial charge in [-0.25, -0.2) is 4.98 Å². The van der Waals surface area contributed by atoms with E-state index in [1.807, 2.05) is 29.2 Å². The Hall–Kier alpha value is -1.84. The summed E-state index contributed by atoms with van der Waals surface area (Å²) in [5.74, 6) is 1.17. The van der Waals surface area contributed by atoms with E-state index in [-0.39, 0.29) is 5.91 Å². The molecule has 0 aliphatic carbocycles. The average Bonchev–Trinajstić information content (AvgIpc) is 2.81. The molecule has 4 nitrogen and oxygen atoms in total. The quantitative estimate of drug-likeness (QED) is 0.898. The predicted molar refractivity (Wildman–Crippen MR) is 74.8 cm³/mol.